The van der Waals surface area contributed by atoms with Gasteiger partial charge in [-0.2, -0.15) is 5.43 Å². The molecule has 0 radical (unpaired) electrons. The number of nitrogens with two attached hydrogens (primary N) is 1. The Balaban J connectivity index is 0.000000500. The molecule has 1 aliphatic heterocycles. The van der Waals surface area contributed by atoms with Crippen LogP contribution in [0, 0.1) is 30.5 Å². The van der Waals surface area contributed by atoms with E-state index >= 15 is 0 Å². The summed E-state index contributed by atoms with van der Waals surface area (Å²) in [6.45, 7) is 0. The Morgan fingerprint density at radius 2 is 1.32 bits per heavy atom. The average Bonchev–Trinajstić information content (AvgIpc) is 3.10. The maximum absolute atomic E-state index is 10.9. The highest BCUT2D eigenvalue weighted by atomic mass is 35.7. The molecule has 1 aliphatic rings. The molecule has 148 valence electrons. The van der Waals surface area contributed by atoms with Gasteiger partial charge in [0.1, 0.15) is 5.69 Å². The highest BCUT2D eigenvalue weighted by Crippen LogP contribution is 2.26. The molecule has 2 aromatic carbocycles. The van der Waals surface area contributed by atoms with Gasteiger partial charge in [0.15, 0.2) is 0 Å². The molecule has 0 fully saturated rings. The van der Waals surface area contributed by atoms with Crippen LogP contribution in [-0.4, -0.2) is 16.2 Å². The van der Waals surface area contributed by atoms with Gasteiger partial charge in [-0.1, -0.05) is 17.2 Å². The smallest absolute Gasteiger partial charge is 0.258 e. The largest absolute Gasteiger partial charge is 0.271 e. The van der Waals surface area contributed by atoms with E-state index < -0.39 is 20.1 Å². The van der Waals surface area contributed by atoms with Gasteiger partial charge in [0, 0.05) is 24.3 Å². The van der Waals surface area contributed by atoms with Crippen LogP contribution in [-0.2, 0) is 0 Å². The molecular weight excluding hydrogens is 404 g/mol. The van der Waals surface area contributed by atoms with Gasteiger partial charge in [-0.25, -0.2) is 18.6 Å². The van der Waals surface area contributed by atoms with Gasteiger partial charge in [0.2, 0.25) is 6.34 Å². The second-order valence-corrected chi connectivity index (χ2v) is 5.74. The van der Waals surface area contributed by atoms with Crippen LogP contribution in [0.2, 0.25) is 0 Å². The van der Waals surface area contributed by atoms with Crippen molar-refractivity contribution in [2.45, 2.75) is 0 Å². The van der Waals surface area contributed by atoms with E-state index in [1.807, 2.05) is 0 Å². The molecule has 0 saturated carbocycles. The van der Waals surface area contributed by atoms with Gasteiger partial charge in [0.05, 0.1) is 15.5 Å². The topological polar surface area (TPSA) is 214 Å². The molecule has 0 atom stereocenters. The van der Waals surface area contributed by atoms with E-state index in [4.69, 9.17) is 18.6 Å². The lowest BCUT2D eigenvalue weighted by atomic mass is 10.2. The number of benzene rings is 2. The minimum absolute atomic E-state index is 0.0539. The van der Waals surface area contributed by atoms with E-state index in [0.29, 0.717) is 11.4 Å². The lowest BCUT2D eigenvalue weighted by Gasteiger charge is -2.23. The van der Waals surface area contributed by atoms with Crippen molar-refractivity contribution in [1.82, 2.24) is 0 Å². The molecule has 0 aliphatic carbocycles. The summed E-state index contributed by atoms with van der Waals surface area (Å²) in [4.78, 5) is 20.8. The van der Waals surface area contributed by atoms with Crippen LogP contribution in [0.5, 0.6) is 0 Å². The zero-order valence-corrected chi connectivity index (χ0v) is 14.4. The standard InChI is InChI=1S/C13H10N6O4.ClHO4/c20-18(21)12-5-1-3-10(7-12)16-14-9-15-17(16)11-4-2-6-13(8-11)19(22)23;2-1(3,4)5/h1-9H,(H,14,15);(H,2,3,4,5). The van der Waals surface area contributed by atoms with Crippen molar-refractivity contribution in [3.8, 4) is 0 Å². The Bertz CT molecular complexity index is 899. The zero-order chi connectivity index (χ0) is 20.9. The van der Waals surface area contributed by atoms with Gasteiger partial charge in [-0.05, 0) is 12.1 Å². The summed E-state index contributed by atoms with van der Waals surface area (Å²) in [5.41, 5.74) is 2.47. The van der Waals surface area contributed by atoms with Gasteiger partial charge >= 0.3 is 0 Å². The second-order valence-electron chi connectivity index (χ2n) is 4.98. The van der Waals surface area contributed by atoms with E-state index in [0.717, 1.165) is 0 Å². The fourth-order valence-corrected chi connectivity index (χ4v) is 2.14. The number of hydrazine groups is 1. The summed E-state index contributed by atoms with van der Waals surface area (Å²) in [6.07, 6.45) is 1.50. The third-order valence-corrected chi connectivity index (χ3v) is 3.16. The monoisotopic (exact) mass is 414 g/mol. The van der Waals surface area contributed by atoms with Crippen molar-refractivity contribution in [3.05, 3.63) is 68.8 Å². The highest BCUT2D eigenvalue weighted by molar-refractivity contribution is 5.65. The number of nitro groups is 2. The number of nitrogens with zero attached hydrogens (tertiary/aromatic N) is 5. The summed E-state index contributed by atoms with van der Waals surface area (Å²) in [5.74, 6) is 0. The molecule has 28 heavy (non-hydrogen) atoms. The normalized spacial score (nSPS) is 13.1. The van der Waals surface area contributed by atoms with Crippen molar-refractivity contribution in [3.63, 3.8) is 0 Å². The molecule has 3 rings (SSSR count). The van der Waals surface area contributed by atoms with Crippen LogP contribution in [0.25, 0.3) is 0 Å². The maximum Gasteiger partial charge on any atom is 0.271 e. The number of quaternary nitrogens is 1. The van der Waals surface area contributed by atoms with E-state index in [9.17, 15) is 20.2 Å². The van der Waals surface area contributed by atoms with Crippen LogP contribution in [0.15, 0.2) is 53.6 Å². The Morgan fingerprint density at radius 1 is 0.857 bits per heavy atom. The first-order valence-electron chi connectivity index (χ1n) is 7.13. The molecule has 0 saturated heterocycles. The highest BCUT2D eigenvalue weighted by Gasteiger charge is 2.26. The molecule has 14 nitrogen and oxygen atoms in total. The Labute approximate surface area is 158 Å². The predicted molar refractivity (Wildman–Crippen MR) is 81.6 cm³/mol. The number of halogens is 1. The third-order valence-electron chi connectivity index (χ3n) is 3.16. The van der Waals surface area contributed by atoms with Gasteiger partial charge < -0.3 is 0 Å². The summed E-state index contributed by atoms with van der Waals surface area (Å²) < 4.78 is 34.0. The molecule has 0 bridgehead atoms. The van der Waals surface area contributed by atoms with Crippen molar-refractivity contribution in [1.29, 1.82) is 0 Å². The lowest BCUT2D eigenvalue weighted by molar-refractivity contribution is -2.00. The second kappa shape index (κ2) is 8.53. The minimum Gasteiger partial charge on any atom is -0.258 e. The fourth-order valence-electron chi connectivity index (χ4n) is 2.14. The van der Waals surface area contributed by atoms with Crippen LogP contribution >= 0.6 is 0 Å². The number of hydrazone groups is 1. The van der Waals surface area contributed by atoms with Crippen LogP contribution < -0.4 is 34.3 Å². The number of non-ortho nitro benzene ring substituents is 2. The Kier molecular flexibility index (Phi) is 6.37. The summed E-state index contributed by atoms with van der Waals surface area (Å²) >= 11 is 0. The first-order chi connectivity index (χ1) is 13.1. The Hall–Kier alpha value is -3.40. The van der Waals surface area contributed by atoms with Crippen molar-refractivity contribution < 1.29 is 44.2 Å². The quantitative estimate of drug-likeness (QED) is 0.294. The number of nitro benzene ring substituents is 2. The first-order valence-corrected chi connectivity index (χ1v) is 8.37. The van der Waals surface area contributed by atoms with E-state index in [-0.39, 0.29) is 11.4 Å². The van der Waals surface area contributed by atoms with Gasteiger partial charge in [0.25, 0.3) is 11.4 Å². The van der Waals surface area contributed by atoms with Crippen molar-refractivity contribution in [2.24, 2.45) is 5.10 Å². The summed E-state index contributed by atoms with van der Waals surface area (Å²) in [7, 11) is -4.94. The van der Waals surface area contributed by atoms with E-state index in [2.05, 4.69) is 5.10 Å². The predicted octanol–water partition coefficient (Wildman–Crippen LogP) is -3.59. The van der Waals surface area contributed by atoms with Crippen molar-refractivity contribution >= 4 is 29.1 Å². The maximum atomic E-state index is 10.9. The lowest BCUT2D eigenvalue weighted by Crippen LogP contribution is -2.93. The summed E-state index contributed by atoms with van der Waals surface area (Å²) in [6, 6.07) is 12.0. The number of anilines is 2. The number of hydrogen-bond acceptors (Lipinski definition) is 11. The molecule has 0 amide bonds. The van der Waals surface area contributed by atoms with Crippen LogP contribution in [0.4, 0.5) is 22.7 Å². The van der Waals surface area contributed by atoms with Crippen LogP contribution in [0.3, 0.4) is 0 Å². The van der Waals surface area contributed by atoms with Crippen LogP contribution in [0.1, 0.15) is 0 Å². The van der Waals surface area contributed by atoms with Crippen molar-refractivity contribution in [2.75, 3.05) is 10.2 Å². The Morgan fingerprint density at radius 3 is 1.82 bits per heavy atom. The zero-order valence-electron chi connectivity index (χ0n) is 13.7. The number of hydrogen-bond donors (Lipinski definition) is 1. The van der Waals surface area contributed by atoms with E-state index in [1.54, 1.807) is 34.8 Å². The fraction of sp³-hybridized carbons (Fsp3) is 0. The molecular formula is C13H11ClN6O8. The van der Waals surface area contributed by atoms with Gasteiger partial charge in [-0.3, -0.25) is 20.2 Å². The van der Waals surface area contributed by atoms with Gasteiger partial charge in [-0.15, -0.1) is 20.5 Å². The summed E-state index contributed by atoms with van der Waals surface area (Å²) in [5, 5.41) is 28.9. The molecule has 2 N–H and O–H groups in total. The molecule has 0 aromatic heterocycles. The molecule has 0 unspecified atom stereocenters. The molecule has 15 heteroatoms. The third kappa shape index (κ3) is 5.81. The molecule has 2 aromatic rings. The minimum atomic E-state index is -4.94. The average molecular weight is 415 g/mol. The SMILES string of the molecule is O=[N+]([O-])c1cccc(N2N=C[NH2+]N2c2cccc([N+](=O)[O-])c2)c1.[O-][Cl+3]([O-])([O-])[O-]. The first kappa shape index (κ1) is 20.9. The molecule has 0 spiro atoms. The number of rotatable bonds is 4. The molecule has 1 heterocycles. The van der Waals surface area contributed by atoms with E-state index in [1.165, 1.54) is 35.7 Å².